The third-order valence-corrected chi connectivity index (χ3v) is 2.56. The monoisotopic (exact) mass is 262 g/mol. The van der Waals surface area contributed by atoms with E-state index in [1.165, 1.54) is 6.92 Å². The minimum Gasteiger partial charge on any atom is -0.326 e. The van der Waals surface area contributed by atoms with Crippen LogP contribution in [0.25, 0.3) is 0 Å². The molecular formula is C15H22N2O2. The number of carbonyl (C=O) groups is 2. The average Bonchev–Trinajstić information content (AvgIpc) is 2.27. The van der Waals surface area contributed by atoms with Gasteiger partial charge in [0.25, 0.3) is 0 Å². The van der Waals surface area contributed by atoms with Crippen molar-refractivity contribution in [2.45, 2.75) is 39.7 Å². The molecule has 0 unspecified atom stereocenters. The Balaban J connectivity index is 2.48. The minimum atomic E-state index is -0.0579. The maximum Gasteiger partial charge on any atom is 0.225 e. The van der Waals surface area contributed by atoms with Gasteiger partial charge in [-0.25, -0.2) is 0 Å². The van der Waals surface area contributed by atoms with Gasteiger partial charge in [-0.05, 0) is 39.8 Å². The van der Waals surface area contributed by atoms with Gasteiger partial charge in [0.1, 0.15) is 0 Å². The highest BCUT2D eigenvalue weighted by molar-refractivity contribution is 5.97. The van der Waals surface area contributed by atoms with Crippen LogP contribution in [0, 0.1) is 0 Å². The molecule has 19 heavy (non-hydrogen) atoms. The normalized spacial score (nSPS) is 11.2. The Bertz CT molecular complexity index is 461. The van der Waals surface area contributed by atoms with E-state index in [0.717, 1.165) is 0 Å². The van der Waals surface area contributed by atoms with Crippen LogP contribution >= 0.6 is 0 Å². The fourth-order valence-corrected chi connectivity index (χ4v) is 1.59. The number of amides is 1. The Morgan fingerprint density at radius 1 is 1.21 bits per heavy atom. The highest BCUT2D eigenvalue weighted by atomic mass is 16.1. The molecule has 0 radical (unpaired) electrons. The van der Waals surface area contributed by atoms with Gasteiger partial charge in [0.05, 0.1) is 0 Å². The lowest BCUT2D eigenvalue weighted by Gasteiger charge is -2.20. The average molecular weight is 262 g/mol. The van der Waals surface area contributed by atoms with Crippen molar-refractivity contribution >= 4 is 17.4 Å². The van der Waals surface area contributed by atoms with Crippen molar-refractivity contribution in [2.75, 3.05) is 11.9 Å². The first-order valence-corrected chi connectivity index (χ1v) is 6.44. The number of anilines is 1. The van der Waals surface area contributed by atoms with Crippen molar-refractivity contribution in [1.82, 2.24) is 5.32 Å². The molecule has 0 fully saturated rings. The van der Waals surface area contributed by atoms with Crippen molar-refractivity contribution in [3.8, 4) is 0 Å². The summed E-state index contributed by atoms with van der Waals surface area (Å²) in [7, 11) is 0. The van der Waals surface area contributed by atoms with E-state index in [9.17, 15) is 9.59 Å². The summed E-state index contributed by atoms with van der Waals surface area (Å²) >= 11 is 0. The molecule has 4 nitrogen and oxygen atoms in total. The molecule has 0 aliphatic carbocycles. The summed E-state index contributed by atoms with van der Waals surface area (Å²) in [5.41, 5.74) is 1.27. The zero-order valence-corrected chi connectivity index (χ0v) is 12.0. The lowest BCUT2D eigenvalue weighted by molar-refractivity contribution is -0.116. The molecule has 1 aromatic carbocycles. The molecule has 104 valence electrons. The first-order chi connectivity index (χ1) is 8.78. The maximum atomic E-state index is 11.7. The first-order valence-electron chi connectivity index (χ1n) is 6.44. The van der Waals surface area contributed by atoms with Gasteiger partial charge in [-0.1, -0.05) is 12.1 Å². The van der Waals surface area contributed by atoms with E-state index >= 15 is 0 Å². The van der Waals surface area contributed by atoms with Crippen LogP contribution in [0.1, 0.15) is 44.5 Å². The summed E-state index contributed by atoms with van der Waals surface area (Å²) in [6.45, 7) is 8.31. The van der Waals surface area contributed by atoms with Crippen LogP contribution in [0.3, 0.4) is 0 Å². The zero-order valence-electron chi connectivity index (χ0n) is 12.0. The molecule has 1 aromatic rings. The lowest BCUT2D eigenvalue weighted by atomic mass is 10.1. The summed E-state index contributed by atoms with van der Waals surface area (Å²) in [6.07, 6.45) is 0.404. The van der Waals surface area contributed by atoms with Crippen LogP contribution in [0.5, 0.6) is 0 Å². The van der Waals surface area contributed by atoms with Crippen molar-refractivity contribution < 1.29 is 9.59 Å². The molecule has 2 N–H and O–H groups in total. The van der Waals surface area contributed by atoms with Crippen LogP contribution < -0.4 is 10.6 Å². The number of ketones is 1. The summed E-state index contributed by atoms with van der Waals surface area (Å²) in [6, 6.07) is 6.97. The number of nitrogens with one attached hydrogen (secondary N) is 2. The predicted molar refractivity (Wildman–Crippen MR) is 77.4 cm³/mol. The van der Waals surface area contributed by atoms with Gasteiger partial charge in [-0.2, -0.15) is 0 Å². The molecule has 0 spiro atoms. The smallest absolute Gasteiger partial charge is 0.225 e. The summed E-state index contributed by atoms with van der Waals surface area (Å²) < 4.78 is 0. The first kappa shape index (κ1) is 15.4. The van der Waals surface area contributed by atoms with E-state index < -0.39 is 0 Å². The third-order valence-electron chi connectivity index (χ3n) is 2.56. The van der Waals surface area contributed by atoms with Crippen molar-refractivity contribution in [3.05, 3.63) is 29.8 Å². The highest BCUT2D eigenvalue weighted by Crippen LogP contribution is 2.11. The third kappa shape index (κ3) is 6.15. The quantitative estimate of drug-likeness (QED) is 0.802. The van der Waals surface area contributed by atoms with E-state index in [0.29, 0.717) is 24.2 Å². The van der Waals surface area contributed by atoms with Gasteiger partial charge >= 0.3 is 0 Å². The second-order valence-corrected chi connectivity index (χ2v) is 5.61. The standard InChI is InChI=1S/C15H22N2O2/c1-11(18)12-6-5-7-13(10-12)17-14(19)8-9-16-15(2,3)4/h5-7,10,16H,8-9H2,1-4H3,(H,17,19). The van der Waals surface area contributed by atoms with Gasteiger partial charge in [-0.3, -0.25) is 9.59 Å². The molecule has 0 saturated heterocycles. The number of rotatable bonds is 5. The molecule has 0 atom stereocenters. The number of hydrogen-bond donors (Lipinski definition) is 2. The van der Waals surface area contributed by atoms with E-state index in [2.05, 4.69) is 31.4 Å². The Hall–Kier alpha value is -1.68. The van der Waals surface area contributed by atoms with Crippen molar-refractivity contribution in [1.29, 1.82) is 0 Å². The van der Waals surface area contributed by atoms with Crippen LogP contribution in [0.15, 0.2) is 24.3 Å². The fourth-order valence-electron chi connectivity index (χ4n) is 1.59. The Kier molecular flexibility index (Phi) is 5.24. The van der Waals surface area contributed by atoms with Crippen molar-refractivity contribution in [2.24, 2.45) is 0 Å². The molecule has 1 rings (SSSR count). The largest absolute Gasteiger partial charge is 0.326 e. The Morgan fingerprint density at radius 3 is 2.47 bits per heavy atom. The van der Waals surface area contributed by atoms with Gasteiger partial charge in [0.2, 0.25) is 5.91 Å². The van der Waals surface area contributed by atoms with E-state index in [1.807, 2.05) is 0 Å². The molecular weight excluding hydrogens is 240 g/mol. The van der Waals surface area contributed by atoms with E-state index in [-0.39, 0.29) is 17.2 Å². The van der Waals surface area contributed by atoms with Crippen molar-refractivity contribution in [3.63, 3.8) is 0 Å². The minimum absolute atomic E-state index is 0.00876. The number of Topliss-reactive ketones (excluding diaryl/α,β-unsaturated/α-hetero) is 1. The molecule has 0 bridgehead atoms. The SMILES string of the molecule is CC(=O)c1cccc(NC(=O)CCNC(C)(C)C)c1. The molecule has 0 heterocycles. The Morgan fingerprint density at radius 2 is 1.89 bits per heavy atom. The highest BCUT2D eigenvalue weighted by Gasteiger charge is 2.10. The Labute approximate surface area is 114 Å². The van der Waals surface area contributed by atoms with Crippen LogP contribution in [0.4, 0.5) is 5.69 Å². The van der Waals surface area contributed by atoms with Gasteiger partial charge < -0.3 is 10.6 Å². The number of hydrogen-bond acceptors (Lipinski definition) is 3. The number of benzene rings is 1. The predicted octanol–water partition coefficient (Wildman–Crippen LogP) is 2.61. The zero-order chi connectivity index (χ0) is 14.5. The summed E-state index contributed by atoms with van der Waals surface area (Å²) in [4.78, 5) is 23.0. The van der Waals surface area contributed by atoms with E-state index in [1.54, 1.807) is 24.3 Å². The van der Waals surface area contributed by atoms with E-state index in [4.69, 9.17) is 0 Å². The van der Waals surface area contributed by atoms with Crippen LogP contribution in [0.2, 0.25) is 0 Å². The second-order valence-electron chi connectivity index (χ2n) is 5.61. The van der Waals surface area contributed by atoms with Crippen LogP contribution in [-0.2, 0) is 4.79 Å². The molecule has 0 aromatic heterocycles. The second kappa shape index (κ2) is 6.48. The molecule has 0 saturated carbocycles. The maximum absolute atomic E-state index is 11.7. The topological polar surface area (TPSA) is 58.2 Å². The molecule has 4 heteroatoms. The molecule has 1 amide bonds. The van der Waals surface area contributed by atoms with Crippen LogP contribution in [-0.4, -0.2) is 23.8 Å². The summed E-state index contributed by atoms with van der Waals surface area (Å²) in [5, 5.41) is 6.05. The van der Waals surface area contributed by atoms with Gasteiger partial charge in [0, 0.05) is 29.8 Å². The summed E-state index contributed by atoms with van der Waals surface area (Å²) in [5.74, 6) is -0.0667. The molecule has 0 aliphatic heterocycles. The number of carbonyl (C=O) groups excluding carboxylic acids is 2. The lowest BCUT2D eigenvalue weighted by Crippen LogP contribution is -2.37. The van der Waals surface area contributed by atoms with Gasteiger partial charge in [-0.15, -0.1) is 0 Å². The van der Waals surface area contributed by atoms with Gasteiger partial charge in [0.15, 0.2) is 5.78 Å². The molecule has 0 aliphatic rings. The fraction of sp³-hybridized carbons (Fsp3) is 0.467.